The van der Waals surface area contributed by atoms with E-state index in [2.05, 4.69) is 5.32 Å². The van der Waals surface area contributed by atoms with Crippen LogP contribution in [0.2, 0.25) is 0 Å². The molecule has 4 heteroatoms. The summed E-state index contributed by atoms with van der Waals surface area (Å²) in [6.45, 7) is 1.72. The van der Waals surface area contributed by atoms with Gasteiger partial charge in [-0.25, -0.2) is 4.79 Å². The van der Waals surface area contributed by atoms with Gasteiger partial charge in [0.1, 0.15) is 0 Å². The van der Waals surface area contributed by atoms with Crippen LogP contribution in [0.1, 0.15) is 17.3 Å². The van der Waals surface area contributed by atoms with Crippen LogP contribution in [-0.2, 0) is 4.79 Å². The molecule has 0 bridgehead atoms. The normalized spacial score (nSPS) is 10.8. The fourth-order valence-electron chi connectivity index (χ4n) is 1.85. The third-order valence-electron chi connectivity index (χ3n) is 2.69. The Labute approximate surface area is 110 Å². The molecule has 0 spiro atoms. The smallest absolute Gasteiger partial charge is 0.337 e. The van der Waals surface area contributed by atoms with Crippen LogP contribution >= 0.6 is 0 Å². The van der Waals surface area contributed by atoms with Gasteiger partial charge in [0.25, 0.3) is 0 Å². The maximum absolute atomic E-state index is 11.5. The third-order valence-corrected chi connectivity index (χ3v) is 2.69. The molecular formula is C15H13NO3. The number of carbonyl (C=O) groups is 2. The molecule has 1 amide bonds. The van der Waals surface area contributed by atoms with Crippen LogP contribution in [-0.4, -0.2) is 17.0 Å². The van der Waals surface area contributed by atoms with Gasteiger partial charge in [0.15, 0.2) is 0 Å². The minimum atomic E-state index is -1.07. The lowest BCUT2D eigenvalue weighted by Gasteiger charge is -2.09. The number of hydrogen-bond acceptors (Lipinski definition) is 2. The van der Waals surface area contributed by atoms with Gasteiger partial charge in [-0.05, 0) is 35.9 Å². The van der Waals surface area contributed by atoms with Gasteiger partial charge in [0.05, 0.1) is 11.3 Å². The number of hydrogen-bond donors (Lipinski definition) is 2. The number of benzene rings is 2. The summed E-state index contributed by atoms with van der Waals surface area (Å²) in [7, 11) is 0. The summed E-state index contributed by atoms with van der Waals surface area (Å²) >= 11 is 0. The molecule has 0 aliphatic heterocycles. The highest BCUT2D eigenvalue weighted by Crippen LogP contribution is 2.24. The van der Waals surface area contributed by atoms with Crippen molar-refractivity contribution in [2.75, 3.05) is 5.32 Å². The molecule has 0 atom stereocenters. The monoisotopic (exact) mass is 255 g/mol. The number of aromatic carboxylic acids is 1. The molecule has 4 nitrogen and oxygen atoms in total. The second kappa shape index (κ2) is 5.35. The van der Waals surface area contributed by atoms with Gasteiger partial charge in [0, 0.05) is 0 Å². The molecular weight excluding hydrogens is 242 g/mol. The van der Waals surface area contributed by atoms with E-state index in [0.29, 0.717) is 5.69 Å². The molecule has 0 saturated carbocycles. The lowest BCUT2D eigenvalue weighted by Crippen LogP contribution is -2.12. The maximum atomic E-state index is 11.5. The summed E-state index contributed by atoms with van der Waals surface area (Å²) in [5.41, 5.74) is 0.380. The highest BCUT2D eigenvalue weighted by atomic mass is 16.4. The molecule has 19 heavy (non-hydrogen) atoms. The van der Waals surface area contributed by atoms with Gasteiger partial charge >= 0.3 is 5.97 Å². The zero-order valence-electron chi connectivity index (χ0n) is 10.4. The molecule has 0 saturated heterocycles. The standard InChI is InChI=1S/C15H13NO3/c1-2-5-14(17)16-13-9-11-7-4-3-6-10(11)8-12(13)15(18)19/h2-9H,1H3,(H,16,17)(H,18,19)/b5-2+. The van der Waals surface area contributed by atoms with E-state index < -0.39 is 5.97 Å². The SMILES string of the molecule is C/C=C/C(=O)Nc1cc2ccccc2cc1C(=O)O. The predicted molar refractivity (Wildman–Crippen MR) is 74.4 cm³/mol. The average molecular weight is 255 g/mol. The van der Waals surface area contributed by atoms with Gasteiger partial charge in [-0.3, -0.25) is 4.79 Å². The van der Waals surface area contributed by atoms with Gasteiger partial charge in [0.2, 0.25) is 5.91 Å². The molecule has 0 unspecified atom stereocenters. The Morgan fingerprint density at radius 1 is 1.16 bits per heavy atom. The Balaban J connectivity index is 2.53. The molecule has 0 heterocycles. The van der Waals surface area contributed by atoms with Crippen LogP contribution in [0.15, 0.2) is 48.6 Å². The van der Waals surface area contributed by atoms with Crippen molar-refractivity contribution >= 4 is 28.3 Å². The second-order valence-corrected chi connectivity index (χ2v) is 4.04. The number of amides is 1. The van der Waals surface area contributed by atoms with Crippen molar-refractivity contribution in [3.05, 3.63) is 54.1 Å². The van der Waals surface area contributed by atoms with Crippen molar-refractivity contribution in [1.29, 1.82) is 0 Å². The van der Waals surface area contributed by atoms with E-state index in [4.69, 9.17) is 0 Å². The minimum Gasteiger partial charge on any atom is -0.478 e. The summed E-state index contributed by atoms with van der Waals surface area (Å²) in [6.07, 6.45) is 2.94. The lowest BCUT2D eigenvalue weighted by atomic mass is 10.0. The first-order valence-electron chi connectivity index (χ1n) is 5.81. The fraction of sp³-hybridized carbons (Fsp3) is 0.0667. The first-order valence-corrected chi connectivity index (χ1v) is 5.81. The van der Waals surface area contributed by atoms with Crippen LogP contribution in [0.25, 0.3) is 10.8 Å². The Kier molecular flexibility index (Phi) is 3.61. The summed E-state index contributed by atoms with van der Waals surface area (Å²) < 4.78 is 0. The average Bonchev–Trinajstić information content (AvgIpc) is 2.38. The van der Waals surface area contributed by atoms with Gasteiger partial charge < -0.3 is 10.4 Å². The number of nitrogens with one attached hydrogen (secondary N) is 1. The zero-order chi connectivity index (χ0) is 13.8. The predicted octanol–water partition coefficient (Wildman–Crippen LogP) is 3.05. The summed E-state index contributed by atoms with van der Waals surface area (Å²) in [4.78, 5) is 22.8. The molecule has 0 aliphatic rings. The van der Waals surface area contributed by atoms with Crippen molar-refractivity contribution in [2.24, 2.45) is 0 Å². The Bertz CT molecular complexity index is 674. The topological polar surface area (TPSA) is 66.4 Å². The number of rotatable bonds is 3. The molecule has 0 radical (unpaired) electrons. The molecule has 96 valence electrons. The molecule has 2 N–H and O–H groups in total. The van der Waals surface area contributed by atoms with E-state index in [1.807, 2.05) is 24.3 Å². The maximum Gasteiger partial charge on any atom is 0.337 e. The fourth-order valence-corrected chi connectivity index (χ4v) is 1.85. The van der Waals surface area contributed by atoms with Crippen LogP contribution in [0.5, 0.6) is 0 Å². The van der Waals surface area contributed by atoms with E-state index >= 15 is 0 Å². The molecule has 0 aromatic heterocycles. The van der Waals surface area contributed by atoms with Gasteiger partial charge in [-0.15, -0.1) is 0 Å². The first-order chi connectivity index (χ1) is 9.11. The number of carboxylic acids is 1. The number of allylic oxidation sites excluding steroid dienone is 1. The highest BCUT2D eigenvalue weighted by molar-refractivity contribution is 6.07. The Hall–Kier alpha value is -2.62. The number of fused-ring (bicyclic) bond motifs is 1. The minimum absolute atomic E-state index is 0.0801. The van der Waals surface area contributed by atoms with Gasteiger partial charge in [-0.1, -0.05) is 30.3 Å². The lowest BCUT2D eigenvalue weighted by molar-refractivity contribution is -0.111. The summed E-state index contributed by atoms with van der Waals surface area (Å²) in [6, 6.07) is 10.6. The van der Waals surface area contributed by atoms with Crippen molar-refractivity contribution < 1.29 is 14.7 Å². The highest BCUT2D eigenvalue weighted by Gasteiger charge is 2.12. The Morgan fingerprint density at radius 3 is 2.37 bits per heavy atom. The van der Waals surface area contributed by atoms with Crippen LogP contribution in [0.4, 0.5) is 5.69 Å². The van der Waals surface area contributed by atoms with E-state index in [9.17, 15) is 14.7 Å². The quantitative estimate of drug-likeness (QED) is 0.828. The largest absolute Gasteiger partial charge is 0.478 e. The van der Waals surface area contributed by atoms with E-state index in [-0.39, 0.29) is 11.5 Å². The van der Waals surface area contributed by atoms with Crippen molar-refractivity contribution in [2.45, 2.75) is 6.92 Å². The summed E-state index contributed by atoms with van der Waals surface area (Å²) in [5.74, 6) is -1.41. The van der Waals surface area contributed by atoms with Crippen molar-refractivity contribution in [1.82, 2.24) is 0 Å². The zero-order valence-corrected chi connectivity index (χ0v) is 10.4. The number of carbonyl (C=O) groups excluding carboxylic acids is 1. The van der Waals surface area contributed by atoms with Crippen LogP contribution < -0.4 is 5.32 Å². The molecule has 2 aromatic rings. The number of anilines is 1. The third kappa shape index (κ3) is 2.80. The van der Waals surface area contributed by atoms with Crippen LogP contribution in [0, 0.1) is 0 Å². The van der Waals surface area contributed by atoms with E-state index in [1.54, 1.807) is 25.1 Å². The van der Waals surface area contributed by atoms with E-state index in [1.165, 1.54) is 6.08 Å². The van der Waals surface area contributed by atoms with Crippen LogP contribution in [0.3, 0.4) is 0 Å². The molecule has 2 rings (SSSR count). The second-order valence-electron chi connectivity index (χ2n) is 4.04. The van der Waals surface area contributed by atoms with Crippen molar-refractivity contribution in [3.8, 4) is 0 Å². The van der Waals surface area contributed by atoms with E-state index in [0.717, 1.165) is 10.8 Å². The number of carboxylic acid groups (broad SMARTS) is 1. The Morgan fingerprint density at radius 2 is 1.79 bits per heavy atom. The summed E-state index contributed by atoms with van der Waals surface area (Å²) in [5, 5.41) is 13.5. The van der Waals surface area contributed by atoms with Crippen molar-refractivity contribution in [3.63, 3.8) is 0 Å². The molecule has 2 aromatic carbocycles. The molecule has 0 fully saturated rings. The van der Waals surface area contributed by atoms with Gasteiger partial charge in [-0.2, -0.15) is 0 Å². The first kappa shape index (κ1) is 12.8. The molecule has 0 aliphatic carbocycles.